The van der Waals surface area contributed by atoms with E-state index in [0.717, 1.165) is 34.3 Å². The van der Waals surface area contributed by atoms with E-state index in [0.29, 0.717) is 6.54 Å². The number of nitrogens with zero attached hydrogens (tertiary/aromatic N) is 1. The van der Waals surface area contributed by atoms with Crippen LogP contribution in [0.25, 0.3) is 11.3 Å². The fourth-order valence-electron chi connectivity index (χ4n) is 3.75. The summed E-state index contributed by atoms with van der Waals surface area (Å²) in [4.78, 5) is 6.25. The minimum Gasteiger partial charge on any atom is -0.497 e. The summed E-state index contributed by atoms with van der Waals surface area (Å²) >= 11 is 1.72. The Morgan fingerprint density at radius 3 is 1.85 bits per heavy atom. The fraction of sp³-hybridized carbons (Fsp3) is 0.276. The summed E-state index contributed by atoms with van der Waals surface area (Å²) in [6, 6.07) is 25.2. The Hall–Kier alpha value is -3.31. The Bertz CT molecular complexity index is 1210. The number of anilines is 1. The lowest BCUT2D eigenvalue weighted by molar-refractivity contribution is 0.414. The summed E-state index contributed by atoms with van der Waals surface area (Å²) in [5.41, 5.74) is 6.05. The molecule has 0 radical (unpaired) electrons. The molecule has 176 valence electrons. The molecule has 0 aliphatic rings. The van der Waals surface area contributed by atoms with Crippen LogP contribution < -0.4 is 14.8 Å². The highest BCUT2D eigenvalue weighted by Crippen LogP contribution is 2.35. The average molecular weight is 473 g/mol. The number of aromatic nitrogens is 1. The minimum atomic E-state index is 0.123. The monoisotopic (exact) mass is 472 g/mol. The molecule has 0 aliphatic heterocycles. The Morgan fingerprint density at radius 1 is 0.765 bits per heavy atom. The molecule has 0 bridgehead atoms. The minimum absolute atomic E-state index is 0.123. The molecule has 1 N–H and O–H groups in total. The molecule has 34 heavy (non-hydrogen) atoms. The number of nitrogens with one attached hydrogen (secondary N) is 1. The van der Waals surface area contributed by atoms with E-state index in [-0.39, 0.29) is 5.41 Å². The number of ether oxygens (including phenoxy) is 2. The SMILES string of the molecule is COc1ccc(CNc2nc(-c3ccc(C(C)(C)C)cc3)c(Cc3ccc(OC)cc3)s2)cc1. The van der Waals surface area contributed by atoms with Gasteiger partial charge in [-0.1, -0.05) is 69.3 Å². The molecule has 0 unspecified atom stereocenters. The highest BCUT2D eigenvalue weighted by Gasteiger charge is 2.17. The molecule has 0 amide bonds. The third kappa shape index (κ3) is 5.78. The molecule has 0 aliphatic carbocycles. The van der Waals surface area contributed by atoms with Gasteiger partial charge in [-0.15, -0.1) is 11.3 Å². The lowest BCUT2D eigenvalue weighted by atomic mass is 9.86. The van der Waals surface area contributed by atoms with Gasteiger partial charge < -0.3 is 14.8 Å². The number of thiazole rings is 1. The van der Waals surface area contributed by atoms with Gasteiger partial charge in [0.15, 0.2) is 5.13 Å². The van der Waals surface area contributed by atoms with Crippen molar-refractivity contribution in [2.75, 3.05) is 19.5 Å². The van der Waals surface area contributed by atoms with Crippen LogP contribution in [0.3, 0.4) is 0 Å². The van der Waals surface area contributed by atoms with E-state index in [9.17, 15) is 0 Å². The first kappa shape index (κ1) is 23.8. The summed E-state index contributed by atoms with van der Waals surface area (Å²) in [5.74, 6) is 1.73. The van der Waals surface area contributed by atoms with Gasteiger partial charge in [0.1, 0.15) is 11.5 Å². The molecular formula is C29H32N2O2S. The van der Waals surface area contributed by atoms with Gasteiger partial charge in [-0.05, 0) is 46.4 Å². The van der Waals surface area contributed by atoms with Crippen LogP contribution in [-0.4, -0.2) is 19.2 Å². The van der Waals surface area contributed by atoms with Gasteiger partial charge in [0.05, 0.1) is 19.9 Å². The van der Waals surface area contributed by atoms with Gasteiger partial charge in [-0.2, -0.15) is 0 Å². The van der Waals surface area contributed by atoms with Crippen LogP contribution >= 0.6 is 11.3 Å². The van der Waals surface area contributed by atoms with E-state index < -0.39 is 0 Å². The quantitative estimate of drug-likeness (QED) is 0.292. The summed E-state index contributed by atoms with van der Waals surface area (Å²) in [6.07, 6.45) is 0.822. The third-order valence-electron chi connectivity index (χ3n) is 5.85. The smallest absolute Gasteiger partial charge is 0.183 e. The molecule has 0 spiro atoms. The van der Waals surface area contributed by atoms with Gasteiger partial charge in [-0.25, -0.2) is 4.98 Å². The first-order valence-electron chi connectivity index (χ1n) is 11.5. The van der Waals surface area contributed by atoms with Crippen molar-refractivity contribution in [1.29, 1.82) is 0 Å². The molecule has 1 heterocycles. The Morgan fingerprint density at radius 2 is 1.32 bits per heavy atom. The van der Waals surface area contributed by atoms with Crippen molar-refractivity contribution < 1.29 is 9.47 Å². The van der Waals surface area contributed by atoms with Crippen LogP contribution in [0, 0.1) is 0 Å². The van der Waals surface area contributed by atoms with Gasteiger partial charge in [0.2, 0.25) is 0 Å². The zero-order chi connectivity index (χ0) is 24.1. The summed E-state index contributed by atoms with van der Waals surface area (Å²) in [6.45, 7) is 7.42. The predicted octanol–water partition coefficient (Wildman–Crippen LogP) is 7.33. The molecule has 0 fully saturated rings. The van der Waals surface area contributed by atoms with Crippen LogP contribution in [-0.2, 0) is 18.4 Å². The summed E-state index contributed by atoms with van der Waals surface area (Å²) in [7, 11) is 3.38. The first-order chi connectivity index (χ1) is 16.4. The van der Waals surface area contributed by atoms with Crippen LogP contribution in [0.4, 0.5) is 5.13 Å². The van der Waals surface area contributed by atoms with Gasteiger partial charge in [0, 0.05) is 23.4 Å². The first-order valence-corrected chi connectivity index (χ1v) is 12.3. The van der Waals surface area contributed by atoms with Crippen molar-refractivity contribution in [3.8, 4) is 22.8 Å². The predicted molar refractivity (Wildman–Crippen MR) is 142 cm³/mol. The van der Waals surface area contributed by atoms with Crippen molar-refractivity contribution in [2.45, 2.75) is 39.2 Å². The fourth-order valence-corrected chi connectivity index (χ4v) is 4.76. The van der Waals surface area contributed by atoms with E-state index in [2.05, 4.69) is 74.6 Å². The number of hydrogen-bond acceptors (Lipinski definition) is 5. The van der Waals surface area contributed by atoms with E-state index in [1.54, 1.807) is 25.6 Å². The molecular weight excluding hydrogens is 440 g/mol. The van der Waals surface area contributed by atoms with E-state index in [4.69, 9.17) is 14.5 Å². The number of hydrogen-bond donors (Lipinski definition) is 1. The largest absolute Gasteiger partial charge is 0.497 e. The summed E-state index contributed by atoms with van der Waals surface area (Å²) in [5, 5.41) is 4.44. The molecule has 5 heteroatoms. The van der Waals surface area contributed by atoms with E-state index in [1.165, 1.54) is 21.6 Å². The molecule has 4 rings (SSSR count). The van der Waals surface area contributed by atoms with E-state index in [1.807, 2.05) is 24.3 Å². The number of benzene rings is 3. The highest BCUT2D eigenvalue weighted by molar-refractivity contribution is 7.16. The molecule has 3 aromatic carbocycles. The average Bonchev–Trinajstić information content (AvgIpc) is 3.25. The third-order valence-corrected chi connectivity index (χ3v) is 6.86. The number of methoxy groups -OCH3 is 2. The lowest BCUT2D eigenvalue weighted by Gasteiger charge is -2.19. The van der Waals surface area contributed by atoms with E-state index >= 15 is 0 Å². The highest BCUT2D eigenvalue weighted by atomic mass is 32.1. The standard InChI is InChI=1S/C29H32N2O2S/c1-29(2,3)23-12-10-22(11-13-23)27-26(18-20-6-14-24(32-4)15-7-20)34-28(31-27)30-19-21-8-16-25(33-5)17-9-21/h6-17H,18-19H2,1-5H3,(H,30,31). The van der Waals surface area contributed by atoms with Crippen molar-refractivity contribution in [3.63, 3.8) is 0 Å². The zero-order valence-corrected chi connectivity index (χ0v) is 21.3. The Labute approximate surface area is 206 Å². The van der Waals surface area contributed by atoms with Crippen LogP contribution in [0.2, 0.25) is 0 Å². The van der Waals surface area contributed by atoms with Crippen molar-refractivity contribution >= 4 is 16.5 Å². The topological polar surface area (TPSA) is 43.4 Å². The molecule has 0 atom stereocenters. The molecule has 4 aromatic rings. The van der Waals surface area contributed by atoms with Crippen molar-refractivity contribution in [3.05, 3.63) is 94.4 Å². The second kappa shape index (κ2) is 10.3. The molecule has 0 saturated heterocycles. The van der Waals surface area contributed by atoms with Gasteiger partial charge >= 0.3 is 0 Å². The zero-order valence-electron chi connectivity index (χ0n) is 20.5. The molecule has 0 saturated carbocycles. The van der Waals surface area contributed by atoms with Crippen molar-refractivity contribution in [2.24, 2.45) is 0 Å². The van der Waals surface area contributed by atoms with Crippen LogP contribution in [0.15, 0.2) is 72.8 Å². The lowest BCUT2D eigenvalue weighted by Crippen LogP contribution is -2.10. The Balaban J connectivity index is 1.60. The van der Waals surface area contributed by atoms with Crippen LogP contribution in [0.5, 0.6) is 11.5 Å². The van der Waals surface area contributed by atoms with Crippen molar-refractivity contribution in [1.82, 2.24) is 4.98 Å². The molecule has 4 nitrogen and oxygen atoms in total. The number of rotatable bonds is 8. The maximum absolute atomic E-state index is 5.32. The normalized spacial score (nSPS) is 11.3. The molecule has 1 aromatic heterocycles. The second-order valence-electron chi connectivity index (χ2n) is 9.34. The Kier molecular flexibility index (Phi) is 7.23. The van der Waals surface area contributed by atoms with Gasteiger partial charge in [-0.3, -0.25) is 0 Å². The second-order valence-corrected chi connectivity index (χ2v) is 10.4. The summed E-state index contributed by atoms with van der Waals surface area (Å²) < 4.78 is 10.6. The maximum atomic E-state index is 5.32. The van der Waals surface area contributed by atoms with Gasteiger partial charge in [0.25, 0.3) is 0 Å². The maximum Gasteiger partial charge on any atom is 0.183 e. The van der Waals surface area contributed by atoms with Crippen LogP contribution in [0.1, 0.15) is 42.3 Å².